The Balaban J connectivity index is -0.000000164. The standard InChI is InChI=1S/C10H25N3.C9H24N4.C7H19N3.C5H14N2.C3H9N/c1-10(7-11(2)3)8-13(6)9-12(4)5;1-10(2)7-13(8-11(3)4)9-12(5)6;1-8(2)7(9(3)4)10(5)6;1-6(2)5-7(3)4;1-4(2)3/h10H,7-9H2,1-6H3;7-9H2,1-6H3;7H,1-6H3;5H2,1-4H3;1-3H3. The van der Waals surface area contributed by atoms with Gasteiger partial charge in [0, 0.05) is 26.4 Å². The molecule has 0 aromatic heterocycles. The van der Waals surface area contributed by atoms with E-state index in [4.69, 9.17) is 0 Å². The van der Waals surface area contributed by atoms with E-state index in [2.05, 4.69) is 214 Å². The molecule has 0 N–H and O–H groups in total. The minimum Gasteiger partial charge on any atom is -0.312 e. The van der Waals surface area contributed by atoms with Crippen molar-refractivity contribution in [3.05, 3.63) is 0 Å². The molecule has 0 saturated carbocycles. The fourth-order valence-corrected chi connectivity index (χ4v) is 5.04. The second-order valence-electron chi connectivity index (χ2n) is 15.8. The van der Waals surface area contributed by atoms with Gasteiger partial charge >= 0.3 is 0 Å². The van der Waals surface area contributed by atoms with Crippen LogP contribution in [0.3, 0.4) is 0 Å². The predicted molar refractivity (Wildman–Crippen MR) is 213 cm³/mol. The number of rotatable bonds is 17. The maximum atomic E-state index is 2.38. The van der Waals surface area contributed by atoms with Gasteiger partial charge in [-0.1, -0.05) is 6.92 Å². The van der Waals surface area contributed by atoms with E-state index in [9.17, 15) is 0 Å². The molecule has 0 aliphatic carbocycles. The third kappa shape index (κ3) is 55.2. The molecule has 1 unspecified atom stereocenters. The highest BCUT2D eigenvalue weighted by atomic mass is 15.5. The number of hydrogen-bond donors (Lipinski definition) is 0. The van der Waals surface area contributed by atoms with Gasteiger partial charge in [0.2, 0.25) is 0 Å². The summed E-state index contributed by atoms with van der Waals surface area (Å²) in [6, 6.07) is 0. The summed E-state index contributed by atoms with van der Waals surface area (Å²) in [6.45, 7) is 9.68. The monoisotopic (exact) mass is 682 g/mol. The van der Waals surface area contributed by atoms with Gasteiger partial charge in [-0.3, -0.25) is 53.9 Å². The van der Waals surface area contributed by atoms with Crippen LogP contribution in [0.15, 0.2) is 0 Å². The quantitative estimate of drug-likeness (QED) is 0.203. The summed E-state index contributed by atoms with van der Waals surface area (Å²) < 4.78 is 0. The van der Waals surface area contributed by atoms with E-state index in [1.54, 1.807) is 0 Å². The van der Waals surface area contributed by atoms with Gasteiger partial charge in [0.1, 0.15) is 6.29 Å². The molecule has 1 atom stereocenters. The molecule has 0 aliphatic rings. The van der Waals surface area contributed by atoms with E-state index < -0.39 is 0 Å². The zero-order valence-electron chi connectivity index (χ0n) is 36.9. The normalized spacial score (nSPS) is 12.6. The second kappa shape index (κ2) is 34.0. The fraction of sp³-hybridized carbons (Fsp3) is 1.00. The number of nitrogens with zero attached hydrogens (tertiary/aromatic N) is 13. The van der Waals surface area contributed by atoms with Gasteiger partial charge in [0.15, 0.2) is 0 Å². The topological polar surface area (TPSA) is 42.1 Å². The molecular formula is C34H91N13. The van der Waals surface area contributed by atoms with Crippen LogP contribution < -0.4 is 0 Å². The van der Waals surface area contributed by atoms with Crippen molar-refractivity contribution < 1.29 is 0 Å². The molecule has 0 rings (SSSR count). The summed E-state index contributed by atoms with van der Waals surface area (Å²) in [6.07, 6.45) is 0.389. The molecular weight excluding hydrogens is 590 g/mol. The lowest BCUT2D eigenvalue weighted by atomic mass is 10.1. The van der Waals surface area contributed by atoms with Crippen molar-refractivity contribution in [1.29, 1.82) is 0 Å². The van der Waals surface area contributed by atoms with Gasteiger partial charge < -0.3 is 9.80 Å². The van der Waals surface area contributed by atoms with E-state index in [0.29, 0.717) is 6.29 Å². The predicted octanol–water partition coefficient (Wildman–Crippen LogP) is 0.680. The summed E-state index contributed by atoms with van der Waals surface area (Å²) >= 11 is 0. The van der Waals surface area contributed by atoms with Crippen molar-refractivity contribution >= 4 is 0 Å². The van der Waals surface area contributed by atoms with E-state index in [-0.39, 0.29) is 0 Å². The summed E-state index contributed by atoms with van der Waals surface area (Å²) in [5.74, 6) is 0.736. The first-order valence-electron chi connectivity index (χ1n) is 16.7. The molecule has 0 aliphatic heterocycles. The van der Waals surface area contributed by atoms with Crippen LogP contribution in [0.2, 0.25) is 0 Å². The molecule has 292 valence electrons. The van der Waals surface area contributed by atoms with Gasteiger partial charge in [0.05, 0.1) is 20.0 Å². The van der Waals surface area contributed by atoms with Gasteiger partial charge in [-0.25, -0.2) is 0 Å². The van der Waals surface area contributed by atoms with Crippen LogP contribution in [0.1, 0.15) is 6.92 Å². The Labute approximate surface area is 298 Å². The third-order valence-electron chi connectivity index (χ3n) is 5.22. The maximum Gasteiger partial charge on any atom is 0.118 e. The molecule has 0 amide bonds. The lowest BCUT2D eigenvalue weighted by Gasteiger charge is -2.35. The van der Waals surface area contributed by atoms with E-state index in [1.807, 2.05) is 26.0 Å². The van der Waals surface area contributed by atoms with E-state index >= 15 is 0 Å². The SMILES string of the molecule is CC(CN(C)C)CN(C)CN(C)C.CN(C)C.CN(C)C(N(C)C)N(C)C.CN(C)CN(C)C.CN(C)CN(CN(C)C)CN(C)C. The molecule has 0 saturated heterocycles. The first-order valence-corrected chi connectivity index (χ1v) is 16.7. The Bertz CT molecular complexity index is 545. The number of hydrogen-bond acceptors (Lipinski definition) is 13. The molecule has 0 aromatic rings. The van der Waals surface area contributed by atoms with E-state index in [1.165, 1.54) is 0 Å². The van der Waals surface area contributed by atoms with Crippen LogP contribution in [-0.4, -0.2) is 286 Å². The Morgan fingerprint density at radius 3 is 0.723 bits per heavy atom. The molecule has 0 radical (unpaired) electrons. The van der Waals surface area contributed by atoms with Crippen LogP contribution in [0.4, 0.5) is 0 Å². The lowest BCUT2D eigenvalue weighted by molar-refractivity contribution is 0.00961. The lowest BCUT2D eigenvalue weighted by Crippen LogP contribution is -2.50. The molecule has 47 heavy (non-hydrogen) atoms. The van der Waals surface area contributed by atoms with Crippen LogP contribution in [0.25, 0.3) is 0 Å². The maximum absolute atomic E-state index is 2.38. The summed E-state index contributed by atoms with van der Waals surface area (Å²) in [4.78, 5) is 28.5. The highest BCUT2D eigenvalue weighted by Gasteiger charge is 2.14. The van der Waals surface area contributed by atoms with Gasteiger partial charge in [-0.15, -0.1) is 0 Å². The van der Waals surface area contributed by atoms with Crippen molar-refractivity contribution in [1.82, 2.24) is 63.7 Å². The van der Waals surface area contributed by atoms with Crippen molar-refractivity contribution in [2.24, 2.45) is 5.92 Å². The largest absolute Gasteiger partial charge is 0.312 e. The van der Waals surface area contributed by atoms with Crippen LogP contribution in [0.5, 0.6) is 0 Å². The van der Waals surface area contributed by atoms with Crippen molar-refractivity contribution in [2.75, 3.05) is 216 Å². The van der Waals surface area contributed by atoms with Crippen molar-refractivity contribution in [2.45, 2.75) is 13.2 Å². The van der Waals surface area contributed by atoms with Crippen molar-refractivity contribution in [3.8, 4) is 0 Å². The summed E-state index contributed by atoms with van der Waals surface area (Å²) in [7, 11) is 49.9. The summed E-state index contributed by atoms with van der Waals surface area (Å²) in [5.41, 5.74) is 0. The Hall–Kier alpha value is -0.520. The molecule has 0 aromatic carbocycles. The zero-order valence-corrected chi connectivity index (χ0v) is 36.9. The average Bonchev–Trinajstić information content (AvgIpc) is 2.75. The molecule has 13 nitrogen and oxygen atoms in total. The molecule has 0 bridgehead atoms. The Kier molecular flexibility index (Phi) is 40.4. The second-order valence-corrected chi connectivity index (χ2v) is 15.8. The zero-order chi connectivity index (χ0) is 38.6. The molecule has 0 heterocycles. The first kappa shape index (κ1) is 55.9. The Morgan fingerprint density at radius 2 is 0.574 bits per heavy atom. The van der Waals surface area contributed by atoms with Crippen LogP contribution in [0, 0.1) is 5.92 Å². The van der Waals surface area contributed by atoms with Gasteiger partial charge in [0.25, 0.3) is 0 Å². The third-order valence-corrected chi connectivity index (χ3v) is 5.22. The highest BCUT2D eigenvalue weighted by Crippen LogP contribution is 2.00. The first-order chi connectivity index (χ1) is 21.1. The Morgan fingerprint density at radius 1 is 0.319 bits per heavy atom. The molecule has 0 spiro atoms. The van der Waals surface area contributed by atoms with Crippen LogP contribution >= 0.6 is 0 Å². The fourth-order valence-electron chi connectivity index (χ4n) is 5.04. The highest BCUT2D eigenvalue weighted by molar-refractivity contribution is 4.61. The van der Waals surface area contributed by atoms with Gasteiger partial charge in [-0.2, -0.15) is 0 Å². The molecule has 13 heteroatoms. The average molecular weight is 682 g/mol. The van der Waals surface area contributed by atoms with Crippen LogP contribution in [-0.2, 0) is 0 Å². The van der Waals surface area contributed by atoms with Crippen molar-refractivity contribution in [3.63, 3.8) is 0 Å². The van der Waals surface area contributed by atoms with Gasteiger partial charge in [-0.05, 0) is 175 Å². The summed E-state index contributed by atoms with van der Waals surface area (Å²) in [5, 5.41) is 0. The smallest absolute Gasteiger partial charge is 0.118 e. The molecule has 0 fully saturated rings. The van der Waals surface area contributed by atoms with E-state index in [0.717, 1.165) is 52.4 Å². The minimum absolute atomic E-state index is 0.389. The minimum atomic E-state index is 0.389.